The number of aryl methyl sites for hydroxylation is 2. The molecule has 1 aromatic heterocycles. The summed E-state index contributed by atoms with van der Waals surface area (Å²) in [6.45, 7) is 4.78. The van der Waals surface area contributed by atoms with Crippen molar-refractivity contribution in [2.45, 2.75) is 39.0 Å². The van der Waals surface area contributed by atoms with Crippen LogP contribution in [-0.2, 0) is 28.9 Å². The second kappa shape index (κ2) is 9.83. The van der Waals surface area contributed by atoms with Gasteiger partial charge in [-0.05, 0) is 43.7 Å². The van der Waals surface area contributed by atoms with Crippen molar-refractivity contribution >= 4 is 34.1 Å². The summed E-state index contributed by atoms with van der Waals surface area (Å²) >= 11 is 1.48. The maximum Gasteiger partial charge on any atom is 0.251 e. The van der Waals surface area contributed by atoms with E-state index in [2.05, 4.69) is 5.32 Å². The molecule has 2 heterocycles. The first-order valence-corrected chi connectivity index (χ1v) is 12.0. The minimum Gasteiger partial charge on any atom is -0.365 e. The summed E-state index contributed by atoms with van der Waals surface area (Å²) in [5, 5.41) is 3.51. The number of piperazine rings is 1. The number of nitrogens with zero attached hydrogens (tertiary/aromatic N) is 2. The molecule has 0 bridgehead atoms. The number of anilines is 1. The van der Waals surface area contributed by atoms with E-state index in [9.17, 15) is 14.4 Å². The Hall–Kier alpha value is -2.71. The molecule has 0 saturated carbocycles. The van der Waals surface area contributed by atoms with Crippen LogP contribution in [0.1, 0.15) is 44.8 Å². The molecule has 4 rings (SSSR count). The molecule has 1 aliphatic carbocycles. The minimum atomic E-state index is -0.472. The number of benzene rings is 1. The first kappa shape index (κ1) is 22.5. The van der Waals surface area contributed by atoms with E-state index in [0.29, 0.717) is 43.2 Å². The quantitative estimate of drug-likeness (QED) is 0.700. The third-order valence-electron chi connectivity index (χ3n) is 6.24. The molecule has 8 heteroatoms. The lowest BCUT2D eigenvalue weighted by molar-refractivity contribution is -0.132. The van der Waals surface area contributed by atoms with Crippen LogP contribution in [0.4, 0.5) is 5.00 Å². The van der Waals surface area contributed by atoms with Gasteiger partial charge in [0.25, 0.3) is 5.91 Å². The van der Waals surface area contributed by atoms with Crippen LogP contribution in [0.5, 0.6) is 0 Å². The van der Waals surface area contributed by atoms with Gasteiger partial charge in [-0.3, -0.25) is 19.3 Å². The van der Waals surface area contributed by atoms with E-state index in [4.69, 9.17) is 5.73 Å². The highest BCUT2D eigenvalue weighted by Crippen LogP contribution is 2.37. The van der Waals surface area contributed by atoms with Crippen LogP contribution in [0, 0.1) is 6.92 Å². The van der Waals surface area contributed by atoms with Crippen LogP contribution in [0.2, 0.25) is 0 Å². The van der Waals surface area contributed by atoms with Crippen LogP contribution in [-0.4, -0.2) is 60.2 Å². The molecular formula is C24H30N4O3S. The largest absolute Gasteiger partial charge is 0.365 e. The highest BCUT2D eigenvalue weighted by molar-refractivity contribution is 7.17. The number of nitrogens with one attached hydrogen (secondary N) is 1. The molecule has 1 fully saturated rings. The molecule has 0 radical (unpaired) electrons. The van der Waals surface area contributed by atoms with Crippen molar-refractivity contribution in [2.75, 3.05) is 38.0 Å². The molecule has 3 N–H and O–H groups in total. The van der Waals surface area contributed by atoms with Gasteiger partial charge in [0.2, 0.25) is 11.8 Å². The van der Waals surface area contributed by atoms with Crippen molar-refractivity contribution in [2.24, 2.45) is 5.73 Å². The lowest BCUT2D eigenvalue weighted by Crippen LogP contribution is -2.50. The average Bonchev–Trinajstić information content (AvgIpc) is 3.13. The van der Waals surface area contributed by atoms with Crippen molar-refractivity contribution in [1.29, 1.82) is 0 Å². The van der Waals surface area contributed by atoms with Crippen molar-refractivity contribution < 1.29 is 14.4 Å². The molecule has 0 atom stereocenters. The maximum absolute atomic E-state index is 12.7. The summed E-state index contributed by atoms with van der Waals surface area (Å²) in [6.07, 6.45) is 4.34. The van der Waals surface area contributed by atoms with E-state index < -0.39 is 5.91 Å². The van der Waals surface area contributed by atoms with E-state index in [1.54, 1.807) is 0 Å². The number of primary amides is 1. The van der Waals surface area contributed by atoms with E-state index in [0.717, 1.165) is 36.8 Å². The zero-order valence-corrected chi connectivity index (χ0v) is 19.3. The number of thiophene rings is 1. The van der Waals surface area contributed by atoms with Crippen molar-refractivity contribution in [3.63, 3.8) is 0 Å². The van der Waals surface area contributed by atoms with Crippen molar-refractivity contribution in [3.8, 4) is 0 Å². The minimum absolute atomic E-state index is 0.119. The number of amides is 3. The lowest BCUT2D eigenvalue weighted by atomic mass is 9.95. The zero-order valence-electron chi connectivity index (χ0n) is 18.5. The molecule has 7 nitrogen and oxygen atoms in total. The van der Waals surface area contributed by atoms with E-state index in [-0.39, 0.29) is 18.4 Å². The summed E-state index contributed by atoms with van der Waals surface area (Å²) in [5.41, 5.74) is 9.33. The molecule has 170 valence electrons. The number of hydrogen-bond donors (Lipinski definition) is 2. The monoisotopic (exact) mass is 454 g/mol. The first-order chi connectivity index (χ1) is 15.4. The smallest absolute Gasteiger partial charge is 0.251 e. The lowest BCUT2D eigenvalue weighted by Gasteiger charge is -2.34. The molecule has 3 amide bonds. The second-order valence-corrected chi connectivity index (χ2v) is 9.75. The summed E-state index contributed by atoms with van der Waals surface area (Å²) in [6, 6.07) is 8.03. The van der Waals surface area contributed by atoms with Crippen LogP contribution < -0.4 is 11.1 Å². The van der Waals surface area contributed by atoms with Gasteiger partial charge >= 0.3 is 0 Å². The molecule has 2 aliphatic rings. The van der Waals surface area contributed by atoms with Crippen LogP contribution in [0.25, 0.3) is 0 Å². The molecule has 2 aromatic rings. The molecule has 0 spiro atoms. The Labute approximate surface area is 192 Å². The van der Waals surface area contributed by atoms with Gasteiger partial charge in [-0.1, -0.05) is 29.8 Å². The maximum atomic E-state index is 12.7. The molecule has 1 aromatic carbocycles. The second-order valence-electron chi connectivity index (χ2n) is 8.65. The van der Waals surface area contributed by atoms with Gasteiger partial charge in [-0.15, -0.1) is 11.3 Å². The van der Waals surface area contributed by atoms with Gasteiger partial charge in [0.05, 0.1) is 18.5 Å². The predicted molar refractivity (Wildman–Crippen MR) is 126 cm³/mol. The number of carbonyl (C=O) groups excluding carboxylic acids is 3. The first-order valence-electron chi connectivity index (χ1n) is 11.2. The Bertz CT molecular complexity index is 1010. The molecule has 1 saturated heterocycles. The van der Waals surface area contributed by atoms with Gasteiger partial charge < -0.3 is 16.0 Å². The fraction of sp³-hybridized carbons (Fsp3) is 0.458. The van der Waals surface area contributed by atoms with Gasteiger partial charge in [0.15, 0.2) is 0 Å². The van der Waals surface area contributed by atoms with Crippen LogP contribution >= 0.6 is 11.3 Å². The van der Waals surface area contributed by atoms with Gasteiger partial charge in [-0.25, -0.2) is 0 Å². The fourth-order valence-corrected chi connectivity index (χ4v) is 5.74. The third-order valence-corrected chi connectivity index (χ3v) is 7.45. The van der Waals surface area contributed by atoms with Gasteiger partial charge in [-0.2, -0.15) is 0 Å². The highest BCUT2D eigenvalue weighted by atomic mass is 32.1. The number of hydrogen-bond acceptors (Lipinski definition) is 5. The van der Waals surface area contributed by atoms with Crippen molar-refractivity contribution in [3.05, 3.63) is 51.4 Å². The number of carbonyl (C=O) groups is 3. The third kappa shape index (κ3) is 5.19. The fourth-order valence-electron chi connectivity index (χ4n) is 4.43. The molecule has 0 unspecified atom stereocenters. The topological polar surface area (TPSA) is 95.7 Å². The Balaban J connectivity index is 1.29. The van der Waals surface area contributed by atoms with E-state index in [1.807, 2.05) is 41.0 Å². The van der Waals surface area contributed by atoms with E-state index >= 15 is 0 Å². The number of rotatable bonds is 6. The summed E-state index contributed by atoms with van der Waals surface area (Å²) < 4.78 is 0. The Morgan fingerprint density at radius 2 is 1.72 bits per heavy atom. The van der Waals surface area contributed by atoms with Crippen LogP contribution in [0.3, 0.4) is 0 Å². The highest BCUT2D eigenvalue weighted by Gasteiger charge is 2.26. The normalized spacial score (nSPS) is 16.5. The molecule has 32 heavy (non-hydrogen) atoms. The SMILES string of the molecule is Cc1ccc(CC(=O)N2CCN(CC(=O)Nc3sc4c(c3C(N)=O)CCCC4)CC2)cc1. The van der Waals surface area contributed by atoms with Gasteiger partial charge in [0.1, 0.15) is 5.00 Å². The summed E-state index contributed by atoms with van der Waals surface area (Å²) in [5.74, 6) is -0.501. The molecular weight excluding hydrogens is 424 g/mol. The standard InChI is InChI=1S/C24H30N4O3S/c1-16-6-8-17(9-7-16)14-21(30)28-12-10-27(11-13-28)15-20(29)26-24-22(23(25)31)18-4-2-3-5-19(18)32-24/h6-9H,2-5,10-15H2,1H3,(H2,25,31)(H,26,29). The number of fused-ring (bicyclic) bond motifs is 1. The Morgan fingerprint density at radius 3 is 2.41 bits per heavy atom. The van der Waals surface area contributed by atoms with Crippen LogP contribution in [0.15, 0.2) is 24.3 Å². The predicted octanol–water partition coefficient (Wildman–Crippen LogP) is 2.36. The van der Waals surface area contributed by atoms with E-state index in [1.165, 1.54) is 21.8 Å². The summed E-state index contributed by atoms with van der Waals surface area (Å²) in [4.78, 5) is 42.4. The zero-order chi connectivity index (χ0) is 22.7. The van der Waals surface area contributed by atoms with Crippen molar-refractivity contribution in [1.82, 2.24) is 9.80 Å². The van der Waals surface area contributed by atoms with Gasteiger partial charge in [0, 0.05) is 31.1 Å². The Kier molecular flexibility index (Phi) is 6.91. The molecule has 1 aliphatic heterocycles. The summed E-state index contributed by atoms with van der Waals surface area (Å²) in [7, 11) is 0. The number of nitrogens with two attached hydrogens (primary N) is 1. The Morgan fingerprint density at radius 1 is 1.03 bits per heavy atom. The average molecular weight is 455 g/mol.